The second-order valence-electron chi connectivity index (χ2n) is 12.5. The number of hydrogen-bond acceptors (Lipinski definition) is 9. The van der Waals surface area contributed by atoms with Gasteiger partial charge in [-0.1, -0.05) is 29.8 Å². The van der Waals surface area contributed by atoms with Gasteiger partial charge in [-0.3, -0.25) is 10.7 Å². The molecule has 0 atom stereocenters. The second-order valence-corrected chi connectivity index (χ2v) is 12.5. The SMILES string of the molecule is CCOc1cccc(CNc2ccc(C)cc2CNc2ccc(C(=N)NC(=O)OC(C)(C)C)cc2)c1OCC(=O)OC(C)(C)C. The van der Waals surface area contributed by atoms with E-state index in [1.165, 1.54) is 0 Å². The molecule has 0 bridgehead atoms. The molecule has 10 heteroatoms. The first-order chi connectivity index (χ1) is 21.1. The maximum Gasteiger partial charge on any atom is 0.413 e. The lowest BCUT2D eigenvalue weighted by Crippen LogP contribution is -2.36. The van der Waals surface area contributed by atoms with E-state index in [1.54, 1.807) is 32.9 Å². The van der Waals surface area contributed by atoms with Crippen LogP contribution < -0.4 is 25.4 Å². The quantitative estimate of drug-likeness (QED) is 0.0953. The number of rotatable bonds is 12. The minimum Gasteiger partial charge on any atom is -0.490 e. The van der Waals surface area contributed by atoms with Gasteiger partial charge in [0.1, 0.15) is 17.0 Å². The molecule has 3 aromatic carbocycles. The number of carbonyl (C=O) groups is 2. The molecule has 0 spiro atoms. The van der Waals surface area contributed by atoms with E-state index in [-0.39, 0.29) is 12.4 Å². The molecule has 0 aliphatic rings. The Morgan fingerprint density at radius 3 is 2.11 bits per heavy atom. The molecule has 0 aliphatic heterocycles. The van der Waals surface area contributed by atoms with E-state index in [0.717, 1.165) is 28.1 Å². The van der Waals surface area contributed by atoms with Gasteiger partial charge in [-0.15, -0.1) is 0 Å². The van der Waals surface area contributed by atoms with Crippen LogP contribution in [0.4, 0.5) is 16.2 Å². The third-order valence-electron chi connectivity index (χ3n) is 6.13. The Balaban J connectivity index is 1.68. The summed E-state index contributed by atoms with van der Waals surface area (Å²) in [5, 5.41) is 17.6. The fourth-order valence-electron chi connectivity index (χ4n) is 4.30. The summed E-state index contributed by atoms with van der Waals surface area (Å²) in [5.74, 6) is 0.563. The third-order valence-corrected chi connectivity index (χ3v) is 6.13. The lowest BCUT2D eigenvalue weighted by atomic mass is 10.1. The van der Waals surface area contributed by atoms with Gasteiger partial charge in [0, 0.05) is 35.6 Å². The second kappa shape index (κ2) is 15.3. The van der Waals surface area contributed by atoms with Crippen LogP contribution in [-0.4, -0.2) is 42.3 Å². The van der Waals surface area contributed by atoms with Crippen molar-refractivity contribution in [3.05, 3.63) is 82.9 Å². The Labute approximate surface area is 266 Å². The van der Waals surface area contributed by atoms with Gasteiger partial charge in [0.25, 0.3) is 0 Å². The summed E-state index contributed by atoms with van der Waals surface area (Å²) in [4.78, 5) is 24.4. The molecule has 0 saturated carbocycles. The maximum absolute atomic E-state index is 12.4. The van der Waals surface area contributed by atoms with E-state index in [1.807, 2.05) is 77.1 Å². The zero-order valence-corrected chi connectivity index (χ0v) is 27.6. The summed E-state index contributed by atoms with van der Waals surface area (Å²) < 4.78 is 22.4. The molecule has 0 aromatic heterocycles. The number of aryl methyl sites for hydroxylation is 1. The van der Waals surface area contributed by atoms with Crippen molar-refractivity contribution >= 4 is 29.3 Å². The van der Waals surface area contributed by atoms with Gasteiger partial charge >= 0.3 is 12.1 Å². The van der Waals surface area contributed by atoms with Crippen LogP contribution in [0.15, 0.2) is 60.7 Å². The Hall–Kier alpha value is -4.73. The number of anilines is 2. The summed E-state index contributed by atoms with van der Waals surface area (Å²) in [7, 11) is 0. The number of hydrogen-bond donors (Lipinski definition) is 4. The fourth-order valence-corrected chi connectivity index (χ4v) is 4.30. The smallest absolute Gasteiger partial charge is 0.413 e. The molecule has 45 heavy (non-hydrogen) atoms. The molecule has 0 aliphatic carbocycles. The molecular weight excluding hydrogens is 572 g/mol. The zero-order valence-electron chi connectivity index (χ0n) is 27.6. The van der Waals surface area contributed by atoms with Gasteiger partial charge in [-0.2, -0.15) is 0 Å². The molecule has 0 heterocycles. The number of ether oxygens (including phenoxy) is 4. The molecule has 3 rings (SSSR count). The largest absolute Gasteiger partial charge is 0.490 e. The van der Waals surface area contributed by atoms with E-state index < -0.39 is 23.3 Å². The van der Waals surface area contributed by atoms with Crippen molar-refractivity contribution in [3.63, 3.8) is 0 Å². The normalized spacial score (nSPS) is 11.3. The average Bonchev–Trinajstić information content (AvgIpc) is 2.93. The zero-order chi connectivity index (χ0) is 33.2. The monoisotopic (exact) mass is 618 g/mol. The van der Waals surface area contributed by atoms with E-state index in [4.69, 9.17) is 24.4 Å². The van der Waals surface area contributed by atoms with Crippen LogP contribution in [-0.2, 0) is 27.4 Å². The Morgan fingerprint density at radius 1 is 0.800 bits per heavy atom. The Bertz CT molecular complexity index is 1470. The molecular formula is C35H46N4O6. The van der Waals surface area contributed by atoms with Crippen molar-refractivity contribution in [2.24, 2.45) is 0 Å². The first-order valence-electron chi connectivity index (χ1n) is 15.0. The molecule has 3 aromatic rings. The topological polar surface area (TPSA) is 131 Å². The van der Waals surface area contributed by atoms with E-state index in [9.17, 15) is 9.59 Å². The van der Waals surface area contributed by atoms with Gasteiger partial charge in [-0.05, 0) is 97.4 Å². The molecule has 0 fully saturated rings. The summed E-state index contributed by atoms with van der Waals surface area (Å²) in [6, 6.07) is 19.1. The van der Waals surface area contributed by atoms with Crippen LogP contribution in [0.5, 0.6) is 11.5 Å². The number of para-hydroxylation sites is 1. The highest BCUT2D eigenvalue weighted by Crippen LogP contribution is 2.33. The molecule has 242 valence electrons. The lowest BCUT2D eigenvalue weighted by molar-refractivity contribution is -0.157. The predicted octanol–water partition coefficient (Wildman–Crippen LogP) is 7.19. The maximum atomic E-state index is 12.4. The molecule has 10 nitrogen and oxygen atoms in total. The number of nitrogens with one attached hydrogen (secondary N) is 4. The van der Waals surface area contributed by atoms with Crippen LogP contribution in [0.1, 0.15) is 70.7 Å². The Morgan fingerprint density at radius 2 is 1.47 bits per heavy atom. The molecule has 4 N–H and O–H groups in total. The number of amides is 1. The first kappa shape index (κ1) is 34.8. The first-order valence-corrected chi connectivity index (χ1v) is 15.0. The molecule has 0 radical (unpaired) electrons. The minimum absolute atomic E-state index is 0.0381. The highest BCUT2D eigenvalue weighted by atomic mass is 16.6. The number of esters is 1. The predicted molar refractivity (Wildman–Crippen MR) is 177 cm³/mol. The molecule has 0 saturated heterocycles. The number of amidine groups is 1. The van der Waals surface area contributed by atoms with Gasteiger partial charge in [-0.25, -0.2) is 9.59 Å². The van der Waals surface area contributed by atoms with Crippen molar-refractivity contribution in [3.8, 4) is 11.5 Å². The van der Waals surface area contributed by atoms with Crippen molar-refractivity contribution in [1.29, 1.82) is 5.41 Å². The Kier molecular flexibility index (Phi) is 11.8. The van der Waals surface area contributed by atoms with Crippen molar-refractivity contribution < 1.29 is 28.5 Å². The summed E-state index contributed by atoms with van der Waals surface area (Å²) >= 11 is 0. The molecule has 0 unspecified atom stereocenters. The van der Waals surface area contributed by atoms with E-state index in [0.29, 0.717) is 36.8 Å². The van der Waals surface area contributed by atoms with Crippen molar-refractivity contribution in [1.82, 2.24) is 5.32 Å². The van der Waals surface area contributed by atoms with Crippen LogP contribution >= 0.6 is 0 Å². The number of carbonyl (C=O) groups excluding carboxylic acids is 2. The van der Waals surface area contributed by atoms with Crippen LogP contribution in [0, 0.1) is 12.3 Å². The van der Waals surface area contributed by atoms with Crippen molar-refractivity contribution in [2.45, 2.75) is 79.7 Å². The number of benzene rings is 3. The standard InChI is InChI=1S/C35H46N4O6/c1-9-42-29-12-10-11-25(31(29)43-22-30(40)44-34(3,4)5)20-38-28-18-13-23(2)19-26(28)21-37-27-16-14-24(15-17-27)32(36)39-33(41)45-35(6,7)8/h10-19,37-38H,9,20-22H2,1-8H3,(H2,36,39,41). The minimum atomic E-state index is -0.666. The van der Waals surface area contributed by atoms with Gasteiger partial charge < -0.3 is 29.6 Å². The fraction of sp³-hybridized carbons (Fsp3) is 0.400. The van der Waals surface area contributed by atoms with Crippen molar-refractivity contribution in [2.75, 3.05) is 23.8 Å². The van der Waals surface area contributed by atoms with Crippen LogP contribution in [0.2, 0.25) is 0 Å². The van der Waals surface area contributed by atoms with Gasteiger partial charge in [0.05, 0.1) is 6.61 Å². The summed E-state index contributed by atoms with van der Waals surface area (Å²) in [5.41, 5.74) is 4.11. The summed E-state index contributed by atoms with van der Waals surface area (Å²) in [6.07, 6.45) is -0.666. The number of alkyl carbamates (subject to hydrolysis) is 1. The highest BCUT2D eigenvalue weighted by Gasteiger charge is 2.20. The lowest BCUT2D eigenvalue weighted by Gasteiger charge is -2.21. The van der Waals surface area contributed by atoms with Gasteiger partial charge in [0.15, 0.2) is 18.1 Å². The van der Waals surface area contributed by atoms with E-state index in [2.05, 4.69) is 22.0 Å². The highest BCUT2D eigenvalue weighted by molar-refractivity contribution is 6.04. The average molecular weight is 619 g/mol. The van der Waals surface area contributed by atoms with E-state index >= 15 is 0 Å². The summed E-state index contributed by atoms with van der Waals surface area (Å²) in [6.45, 7) is 15.9. The van der Waals surface area contributed by atoms with Crippen LogP contribution in [0.3, 0.4) is 0 Å². The molecule has 1 amide bonds. The third kappa shape index (κ3) is 11.7. The van der Waals surface area contributed by atoms with Gasteiger partial charge in [0.2, 0.25) is 0 Å². The van der Waals surface area contributed by atoms with Crippen LogP contribution in [0.25, 0.3) is 0 Å².